The van der Waals surface area contributed by atoms with E-state index in [0.717, 1.165) is 10.6 Å². The van der Waals surface area contributed by atoms with E-state index in [2.05, 4.69) is 18.1 Å². The number of phosphoric ester groups is 1. The first kappa shape index (κ1) is 26.3. The first-order chi connectivity index (χ1) is 14.0. The smallest absolute Gasteiger partial charge is 0.396 e. The van der Waals surface area contributed by atoms with E-state index in [1.807, 2.05) is 0 Å². The number of ether oxygens (including phenoxy) is 1. The molecule has 5 atom stereocenters. The third-order valence-electron chi connectivity index (χ3n) is 4.29. The highest BCUT2D eigenvalue weighted by Gasteiger charge is 2.47. The number of aromatic amines is 1. The summed E-state index contributed by atoms with van der Waals surface area (Å²) >= 11 is 0. The number of rotatable bonds is 10. The van der Waals surface area contributed by atoms with Crippen LogP contribution in [0.25, 0.3) is 0 Å². The van der Waals surface area contributed by atoms with Crippen LogP contribution in [0.1, 0.15) is 13.3 Å². The van der Waals surface area contributed by atoms with Gasteiger partial charge in [-0.3, -0.25) is 18.9 Å². The summed E-state index contributed by atoms with van der Waals surface area (Å²) in [6.45, 7) is 0.316. The van der Waals surface area contributed by atoms with E-state index in [9.17, 15) is 33.3 Å². The van der Waals surface area contributed by atoms with Crippen molar-refractivity contribution in [1.29, 1.82) is 0 Å². The van der Waals surface area contributed by atoms with Crippen molar-refractivity contribution in [2.45, 2.75) is 32.1 Å². The van der Waals surface area contributed by atoms with Crippen LogP contribution in [0.4, 0.5) is 0 Å². The molecule has 1 aromatic heterocycles. The molecular weight excluding hydrogens is 489 g/mol. The van der Waals surface area contributed by atoms with Gasteiger partial charge in [0.1, 0.15) is 0 Å². The highest BCUT2D eigenvalue weighted by molar-refractivity contribution is 7.66. The maximum atomic E-state index is 11.9. The molecule has 6 N–H and O–H groups in total. The van der Waals surface area contributed by atoms with Crippen LogP contribution in [-0.2, 0) is 38.1 Å². The number of hydrogen-bond acceptors (Lipinski definition) is 10. The molecule has 178 valence electrons. The summed E-state index contributed by atoms with van der Waals surface area (Å²) in [5.74, 6) is 0. The molecule has 2 unspecified atom stereocenters. The van der Waals surface area contributed by atoms with Gasteiger partial charge in [-0.05, 0) is 6.42 Å². The van der Waals surface area contributed by atoms with Crippen molar-refractivity contribution in [3.05, 3.63) is 33.1 Å². The topological polar surface area (TPSA) is 244 Å². The Morgan fingerprint density at radius 2 is 1.84 bits per heavy atom. The molecule has 1 saturated heterocycles. The Kier molecular flexibility index (Phi) is 8.03. The molecule has 0 spiro atoms. The fourth-order valence-electron chi connectivity index (χ4n) is 2.88. The summed E-state index contributed by atoms with van der Waals surface area (Å²) in [4.78, 5) is 60.7. The highest BCUT2D eigenvalue weighted by Crippen LogP contribution is 2.66. The first-order valence-electron chi connectivity index (χ1n) is 8.39. The average molecular weight is 510 g/mol. The monoisotopic (exact) mass is 510 g/mol. The van der Waals surface area contributed by atoms with Crippen molar-refractivity contribution in [2.24, 2.45) is 5.41 Å². The molecule has 0 aliphatic carbocycles. The lowest BCUT2D eigenvalue weighted by molar-refractivity contribution is -0.0360. The summed E-state index contributed by atoms with van der Waals surface area (Å²) < 4.78 is 52.5. The van der Waals surface area contributed by atoms with Crippen molar-refractivity contribution < 1.29 is 56.3 Å². The Balaban J connectivity index is 2.05. The molecule has 0 amide bonds. The predicted octanol–water partition coefficient (Wildman–Crippen LogP) is -0.964. The number of hydrogen-bond donors (Lipinski definition) is 6. The number of phosphoric acid groups is 3. The van der Waals surface area contributed by atoms with Gasteiger partial charge in [-0.2, -0.15) is 8.62 Å². The molecule has 31 heavy (non-hydrogen) atoms. The van der Waals surface area contributed by atoms with Crippen molar-refractivity contribution in [3.63, 3.8) is 0 Å². The van der Waals surface area contributed by atoms with Crippen LogP contribution < -0.4 is 11.2 Å². The lowest BCUT2D eigenvalue weighted by Gasteiger charge is -2.27. The molecule has 19 heteroatoms. The minimum Gasteiger partial charge on any atom is -0.396 e. The summed E-state index contributed by atoms with van der Waals surface area (Å²) in [6.07, 6.45) is -0.333. The van der Waals surface area contributed by atoms with Crippen LogP contribution in [0.3, 0.4) is 0 Å². The number of aromatic nitrogens is 2. The second-order valence-electron chi connectivity index (χ2n) is 6.91. The fourth-order valence-corrected chi connectivity index (χ4v) is 5.90. The van der Waals surface area contributed by atoms with Crippen LogP contribution in [0.2, 0.25) is 0 Å². The first-order valence-corrected chi connectivity index (χ1v) is 12.9. The third-order valence-corrected chi connectivity index (χ3v) is 8.09. The van der Waals surface area contributed by atoms with Crippen LogP contribution in [0, 0.1) is 5.41 Å². The van der Waals surface area contributed by atoms with E-state index >= 15 is 0 Å². The van der Waals surface area contributed by atoms with E-state index in [0.29, 0.717) is 0 Å². The van der Waals surface area contributed by atoms with E-state index < -0.39 is 65.6 Å². The molecule has 1 fully saturated rings. The van der Waals surface area contributed by atoms with Crippen molar-refractivity contribution in [2.75, 3.05) is 13.2 Å². The minimum atomic E-state index is -5.66. The lowest BCUT2D eigenvalue weighted by atomic mass is 9.83. The Morgan fingerprint density at radius 1 is 1.19 bits per heavy atom. The Morgan fingerprint density at radius 3 is 2.39 bits per heavy atom. The molecule has 1 aliphatic heterocycles. The van der Waals surface area contributed by atoms with Gasteiger partial charge < -0.3 is 29.4 Å². The van der Waals surface area contributed by atoms with Gasteiger partial charge in [0.25, 0.3) is 5.56 Å². The van der Waals surface area contributed by atoms with Crippen LogP contribution >= 0.6 is 23.5 Å². The minimum absolute atomic E-state index is 0.0308. The number of aliphatic hydroxyl groups excluding tert-OH is 1. The molecule has 16 nitrogen and oxygen atoms in total. The highest BCUT2D eigenvalue weighted by atomic mass is 31.3. The largest absolute Gasteiger partial charge is 0.490 e. The predicted molar refractivity (Wildman–Crippen MR) is 99.6 cm³/mol. The van der Waals surface area contributed by atoms with Gasteiger partial charge in [0.05, 0.1) is 32.0 Å². The van der Waals surface area contributed by atoms with E-state index in [1.165, 1.54) is 6.20 Å². The maximum Gasteiger partial charge on any atom is 0.490 e. The van der Waals surface area contributed by atoms with Crippen LogP contribution in [0.5, 0.6) is 0 Å². The van der Waals surface area contributed by atoms with Gasteiger partial charge in [0, 0.05) is 17.7 Å². The lowest BCUT2D eigenvalue weighted by Crippen LogP contribution is -2.34. The van der Waals surface area contributed by atoms with E-state index in [4.69, 9.17) is 19.4 Å². The number of nitrogens with zero attached hydrogens (tertiary/aromatic N) is 1. The molecule has 2 rings (SSSR count). The Hall–Kier alpha value is -0.990. The molecule has 0 bridgehead atoms. The molecule has 2 heterocycles. The van der Waals surface area contributed by atoms with Gasteiger partial charge in [-0.1, -0.05) is 6.92 Å². The van der Waals surface area contributed by atoms with Crippen molar-refractivity contribution in [3.8, 4) is 0 Å². The molecule has 0 saturated carbocycles. The molecule has 0 radical (unpaired) electrons. The molecule has 1 aromatic rings. The zero-order valence-electron chi connectivity index (χ0n) is 15.8. The molecule has 1 aliphatic rings. The summed E-state index contributed by atoms with van der Waals surface area (Å²) in [7, 11) is -16.5. The second-order valence-corrected chi connectivity index (χ2v) is 11.3. The average Bonchev–Trinajstić information content (AvgIpc) is 2.89. The van der Waals surface area contributed by atoms with Crippen LogP contribution in [0.15, 0.2) is 21.9 Å². The Bertz CT molecular complexity index is 1050. The Labute approximate surface area is 173 Å². The summed E-state index contributed by atoms with van der Waals surface area (Å²) in [5.41, 5.74) is -2.32. The normalized spacial score (nSPS) is 28.2. The standard InChI is InChI=1S/C12H21N2O14P3/c1-12(7-15)4-8(5-14-3-2-10(16)13-11(14)17)26-9(12)6-25-30(21,22)28-31(23,24)27-29(18,19)20/h2-3,8-9,15H,4-7H2,1H3,(H,21,22)(H,23,24)(H,13,16,17)(H2,18,19,20)/t8-,9-,12-/m1/s1. The molecular formula is C12H21N2O14P3. The SMILES string of the molecule is C[C@]1(CO)C[C@H](Cn2ccc(=O)[nH]c2=O)O[C@@H]1COP(=O)(O)OP(=O)(O)OP(=O)(O)O. The van der Waals surface area contributed by atoms with Gasteiger partial charge in [0.15, 0.2) is 0 Å². The summed E-state index contributed by atoms with van der Waals surface area (Å²) in [6, 6.07) is 1.12. The molecule has 0 aromatic carbocycles. The number of H-pyrrole nitrogens is 1. The second kappa shape index (κ2) is 9.48. The summed E-state index contributed by atoms with van der Waals surface area (Å²) in [5, 5.41) is 9.71. The van der Waals surface area contributed by atoms with Gasteiger partial charge >= 0.3 is 29.2 Å². The van der Waals surface area contributed by atoms with Crippen LogP contribution in [-0.4, -0.2) is 59.7 Å². The maximum absolute atomic E-state index is 11.9. The van der Waals surface area contributed by atoms with Crippen molar-refractivity contribution in [1.82, 2.24) is 9.55 Å². The number of nitrogens with one attached hydrogen (secondary N) is 1. The number of aliphatic hydroxyl groups is 1. The fraction of sp³-hybridized carbons (Fsp3) is 0.667. The zero-order chi connectivity index (χ0) is 23.7. The van der Waals surface area contributed by atoms with Crippen molar-refractivity contribution >= 4 is 23.5 Å². The van der Waals surface area contributed by atoms with Gasteiger partial charge in [-0.25, -0.2) is 18.5 Å². The van der Waals surface area contributed by atoms with E-state index in [-0.39, 0.29) is 13.0 Å². The zero-order valence-corrected chi connectivity index (χ0v) is 18.5. The van der Waals surface area contributed by atoms with Gasteiger partial charge in [-0.15, -0.1) is 0 Å². The van der Waals surface area contributed by atoms with Gasteiger partial charge in [0.2, 0.25) is 0 Å². The quantitative estimate of drug-likeness (QED) is 0.208. The third kappa shape index (κ3) is 7.82. The van der Waals surface area contributed by atoms with E-state index in [1.54, 1.807) is 6.92 Å².